The molecule has 0 spiro atoms. The zero-order chi connectivity index (χ0) is 12.3. The second kappa shape index (κ2) is 5.09. The summed E-state index contributed by atoms with van der Waals surface area (Å²) in [5.74, 6) is -0.302. The molecule has 1 aliphatic heterocycles. The third-order valence-corrected chi connectivity index (χ3v) is 2.79. The molecule has 0 unspecified atom stereocenters. The first-order valence-corrected chi connectivity index (χ1v) is 5.65. The maximum atomic E-state index is 11.8. The van der Waals surface area contributed by atoms with E-state index in [1.807, 2.05) is 6.92 Å². The molecule has 0 aromatic carbocycles. The van der Waals surface area contributed by atoms with Crippen LogP contribution in [0.3, 0.4) is 0 Å². The van der Waals surface area contributed by atoms with Crippen molar-refractivity contribution in [2.75, 3.05) is 6.61 Å². The molecule has 6 nitrogen and oxygen atoms in total. The number of carbonyl (C=O) groups excluding carboxylic acids is 1. The normalized spacial score (nSPS) is 21.1. The molecule has 17 heavy (non-hydrogen) atoms. The molecule has 1 aromatic rings. The molecule has 6 heteroatoms. The largest absolute Gasteiger partial charge is 0.376 e. The number of nitrogens with one attached hydrogen (secondary N) is 2. The minimum Gasteiger partial charge on any atom is -0.376 e. The topological polar surface area (TPSA) is 84.1 Å². The molecule has 2 N–H and O–H groups in total. The second-order valence-corrected chi connectivity index (χ2v) is 4.12. The maximum Gasteiger partial charge on any atom is 0.272 e. The lowest BCUT2D eigenvalue weighted by Gasteiger charge is -2.19. The fraction of sp³-hybridized carbons (Fsp3) is 0.545. The van der Waals surface area contributed by atoms with Gasteiger partial charge in [-0.05, 0) is 25.8 Å². The van der Waals surface area contributed by atoms with Crippen molar-refractivity contribution in [3.8, 4) is 0 Å². The summed E-state index contributed by atoms with van der Waals surface area (Å²) < 4.78 is 5.48. The molecule has 2 rings (SSSR count). The molecule has 0 bridgehead atoms. The maximum absolute atomic E-state index is 11.8. The summed E-state index contributed by atoms with van der Waals surface area (Å²) in [4.78, 5) is 22.6. The highest BCUT2D eigenvalue weighted by molar-refractivity contribution is 5.92. The SMILES string of the molecule is C[C@H](NC(=O)c1ccc(=O)[nH]n1)[C@H]1CCCO1. The summed E-state index contributed by atoms with van der Waals surface area (Å²) >= 11 is 0. The van der Waals surface area contributed by atoms with Gasteiger partial charge in [0.25, 0.3) is 11.5 Å². The Hall–Kier alpha value is -1.69. The third-order valence-electron chi connectivity index (χ3n) is 2.79. The van der Waals surface area contributed by atoms with Crippen molar-refractivity contribution < 1.29 is 9.53 Å². The van der Waals surface area contributed by atoms with Gasteiger partial charge < -0.3 is 10.1 Å². The second-order valence-electron chi connectivity index (χ2n) is 4.12. The van der Waals surface area contributed by atoms with Crippen LogP contribution in [0.2, 0.25) is 0 Å². The van der Waals surface area contributed by atoms with Crippen LogP contribution in [0.4, 0.5) is 0 Å². The highest BCUT2D eigenvalue weighted by atomic mass is 16.5. The fourth-order valence-electron chi connectivity index (χ4n) is 1.84. The Morgan fingerprint density at radius 3 is 3.06 bits per heavy atom. The number of hydrogen-bond acceptors (Lipinski definition) is 4. The third kappa shape index (κ3) is 2.91. The Balaban J connectivity index is 1.96. The van der Waals surface area contributed by atoms with Crippen molar-refractivity contribution in [3.05, 3.63) is 28.2 Å². The first-order valence-electron chi connectivity index (χ1n) is 5.65. The smallest absolute Gasteiger partial charge is 0.272 e. The minimum absolute atomic E-state index is 0.0567. The van der Waals surface area contributed by atoms with Gasteiger partial charge in [-0.1, -0.05) is 0 Å². The zero-order valence-electron chi connectivity index (χ0n) is 9.60. The standard InChI is InChI=1S/C11H15N3O3/c1-7(9-3-2-6-17-9)12-11(16)8-4-5-10(15)14-13-8/h4-5,7,9H,2-3,6H2,1H3,(H,12,16)(H,14,15)/t7-,9+/m0/s1. The number of hydrogen-bond donors (Lipinski definition) is 2. The summed E-state index contributed by atoms with van der Waals surface area (Å²) in [7, 11) is 0. The monoisotopic (exact) mass is 237 g/mol. The lowest BCUT2D eigenvalue weighted by atomic mass is 10.1. The fourth-order valence-corrected chi connectivity index (χ4v) is 1.84. The van der Waals surface area contributed by atoms with Crippen LogP contribution >= 0.6 is 0 Å². The van der Waals surface area contributed by atoms with E-state index in [2.05, 4.69) is 15.5 Å². The molecule has 0 radical (unpaired) electrons. The number of carbonyl (C=O) groups is 1. The van der Waals surface area contributed by atoms with Crippen LogP contribution < -0.4 is 10.9 Å². The highest BCUT2D eigenvalue weighted by Crippen LogP contribution is 2.15. The van der Waals surface area contributed by atoms with Crippen LogP contribution in [-0.2, 0) is 4.74 Å². The van der Waals surface area contributed by atoms with Gasteiger partial charge in [-0.25, -0.2) is 5.10 Å². The van der Waals surface area contributed by atoms with Crippen LogP contribution in [-0.4, -0.2) is 34.9 Å². The van der Waals surface area contributed by atoms with Crippen molar-refractivity contribution in [2.45, 2.75) is 31.9 Å². The van der Waals surface area contributed by atoms with Crippen molar-refractivity contribution in [1.82, 2.24) is 15.5 Å². The predicted molar refractivity (Wildman–Crippen MR) is 60.8 cm³/mol. The van der Waals surface area contributed by atoms with Gasteiger partial charge in [-0.3, -0.25) is 9.59 Å². The average Bonchev–Trinajstić information content (AvgIpc) is 2.83. The Kier molecular flexibility index (Phi) is 3.53. The Morgan fingerprint density at radius 1 is 1.65 bits per heavy atom. The van der Waals surface area contributed by atoms with E-state index >= 15 is 0 Å². The van der Waals surface area contributed by atoms with E-state index in [4.69, 9.17) is 4.74 Å². The lowest BCUT2D eigenvalue weighted by Crippen LogP contribution is -2.41. The highest BCUT2D eigenvalue weighted by Gasteiger charge is 2.24. The number of aromatic nitrogens is 2. The summed E-state index contributed by atoms with van der Waals surface area (Å²) in [5.41, 5.74) is -0.122. The van der Waals surface area contributed by atoms with Gasteiger partial charge in [0.2, 0.25) is 0 Å². The lowest BCUT2D eigenvalue weighted by molar-refractivity contribution is 0.0709. The van der Waals surface area contributed by atoms with E-state index in [1.54, 1.807) is 0 Å². The van der Waals surface area contributed by atoms with E-state index in [0.717, 1.165) is 19.4 Å². The quantitative estimate of drug-likeness (QED) is 0.779. The van der Waals surface area contributed by atoms with Crippen LogP contribution in [0.15, 0.2) is 16.9 Å². The minimum atomic E-state index is -0.325. The molecule has 0 aliphatic carbocycles. The van der Waals surface area contributed by atoms with Gasteiger partial charge in [0.05, 0.1) is 12.1 Å². The van der Waals surface area contributed by atoms with Crippen LogP contribution in [0.5, 0.6) is 0 Å². The Labute approximate surface area is 98.4 Å². The van der Waals surface area contributed by atoms with E-state index in [0.29, 0.717) is 0 Å². The molecule has 1 aromatic heterocycles. The molecule has 2 heterocycles. The van der Waals surface area contributed by atoms with E-state index in [9.17, 15) is 9.59 Å². The molecule has 2 atom stereocenters. The average molecular weight is 237 g/mol. The first kappa shape index (κ1) is 11.8. The molecular weight excluding hydrogens is 222 g/mol. The molecule has 1 saturated heterocycles. The number of rotatable bonds is 3. The summed E-state index contributed by atoms with van der Waals surface area (Å²) in [5, 5.41) is 8.70. The van der Waals surface area contributed by atoms with Crippen molar-refractivity contribution in [3.63, 3.8) is 0 Å². The van der Waals surface area contributed by atoms with Crippen molar-refractivity contribution >= 4 is 5.91 Å². The Morgan fingerprint density at radius 2 is 2.47 bits per heavy atom. The number of aromatic amines is 1. The summed E-state index contributed by atoms with van der Waals surface area (Å²) in [6.45, 7) is 2.65. The van der Waals surface area contributed by atoms with Crippen LogP contribution in [0.25, 0.3) is 0 Å². The molecule has 1 aliphatic rings. The van der Waals surface area contributed by atoms with Gasteiger partial charge in [0.15, 0.2) is 0 Å². The van der Waals surface area contributed by atoms with Crippen LogP contribution in [0, 0.1) is 0 Å². The first-order chi connectivity index (χ1) is 8.16. The van der Waals surface area contributed by atoms with Gasteiger partial charge >= 0.3 is 0 Å². The van der Waals surface area contributed by atoms with Gasteiger partial charge in [-0.2, -0.15) is 5.10 Å². The molecule has 92 valence electrons. The summed E-state index contributed by atoms with van der Waals surface area (Å²) in [6.07, 6.45) is 2.06. The number of amides is 1. The van der Waals surface area contributed by atoms with E-state index in [-0.39, 0.29) is 29.3 Å². The molecule has 1 fully saturated rings. The summed E-state index contributed by atoms with van der Waals surface area (Å²) in [6, 6.07) is 2.62. The van der Waals surface area contributed by atoms with Gasteiger partial charge in [0, 0.05) is 12.7 Å². The van der Waals surface area contributed by atoms with Crippen LogP contribution in [0.1, 0.15) is 30.3 Å². The number of H-pyrrole nitrogens is 1. The molecule has 1 amide bonds. The van der Waals surface area contributed by atoms with Crippen molar-refractivity contribution in [2.24, 2.45) is 0 Å². The van der Waals surface area contributed by atoms with Gasteiger partial charge in [-0.15, -0.1) is 0 Å². The number of nitrogens with zero attached hydrogens (tertiary/aromatic N) is 1. The predicted octanol–water partition coefficient (Wildman–Crippen LogP) is 0.0672. The molecular formula is C11H15N3O3. The van der Waals surface area contributed by atoms with Gasteiger partial charge in [0.1, 0.15) is 5.69 Å². The van der Waals surface area contributed by atoms with Crippen molar-refractivity contribution in [1.29, 1.82) is 0 Å². The Bertz CT molecular complexity index is 431. The van der Waals surface area contributed by atoms with E-state index < -0.39 is 0 Å². The number of ether oxygens (including phenoxy) is 1. The van der Waals surface area contributed by atoms with E-state index in [1.165, 1.54) is 12.1 Å². The zero-order valence-corrected chi connectivity index (χ0v) is 9.60. The molecule has 0 saturated carbocycles.